The van der Waals surface area contributed by atoms with Gasteiger partial charge in [-0.15, -0.1) is 0 Å². The molecule has 76 valence electrons. The SMILES string of the molecule is CNNC(=O)COC1CCCCC1. The number of hydrogen-bond acceptors (Lipinski definition) is 3. The van der Waals surface area contributed by atoms with E-state index in [1.165, 1.54) is 19.3 Å². The Morgan fingerprint density at radius 2 is 2.08 bits per heavy atom. The van der Waals surface area contributed by atoms with E-state index in [1.807, 2.05) is 0 Å². The fourth-order valence-corrected chi connectivity index (χ4v) is 1.60. The van der Waals surface area contributed by atoms with Crippen LogP contribution >= 0.6 is 0 Å². The smallest absolute Gasteiger partial charge is 0.260 e. The first-order valence-corrected chi connectivity index (χ1v) is 4.90. The van der Waals surface area contributed by atoms with Gasteiger partial charge in [0.1, 0.15) is 6.61 Å². The van der Waals surface area contributed by atoms with E-state index in [2.05, 4.69) is 10.9 Å². The van der Waals surface area contributed by atoms with Gasteiger partial charge in [0.05, 0.1) is 6.10 Å². The lowest BCUT2D eigenvalue weighted by molar-refractivity contribution is -0.129. The van der Waals surface area contributed by atoms with Crippen LogP contribution in [0, 0.1) is 0 Å². The number of ether oxygens (including phenoxy) is 1. The van der Waals surface area contributed by atoms with E-state index in [0.717, 1.165) is 12.8 Å². The van der Waals surface area contributed by atoms with Crippen molar-refractivity contribution in [3.8, 4) is 0 Å². The number of hydrazine groups is 1. The molecular weight excluding hydrogens is 168 g/mol. The fraction of sp³-hybridized carbons (Fsp3) is 0.889. The summed E-state index contributed by atoms with van der Waals surface area (Å²) in [6.45, 7) is 0.172. The monoisotopic (exact) mass is 186 g/mol. The molecule has 1 amide bonds. The van der Waals surface area contributed by atoms with E-state index >= 15 is 0 Å². The number of hydrogen-bond donors (Lipinski definition) is 2. The van der Waals surface area contributed by atoms with Crippen LogP contribution in [0.25, 0.3) is 0 Å². The second-order valence-corrected chi connectivity index (χ2v) is 3.37. The number of rotatable bonds is 4. The van der Waals surface area contributed by atoms with Crippen molar-refractivity contribution in [1.82, 2.24) is 10.9 Å². The maximum absolute atomic E-state index is 11.0. The van der Waals surface area contributed by atoms with Crippen molar-refractivity contribution < 1.29 is 9.53 Å². The second kappa shape index (κ2) is 5.94. The van der Waals surface area contributed by atoms with E-state index in [9.17, 15) is 4.79 Å². The fourth-order valence-electron chi connectivity index (χ4n) is 1.60. The maximum Gasteiger partial charge on any atom is 0.260 e. The molecule has 0 aromatic rings. The Labute approximate surface area is 79.0 Å². The van der Waals surface area contributed by atoms with E-state index in [4.69, 9.17) is 4.74 Å². The van der Waals surface area contributed by atoms with E-state index in [-0.39, 0.29) is 12.5 Å². The van der Waals surface area contributed by atoms with Gasteiger partial charge in [0, 0.05) is 7.05 Å². The van der Waals surface area contributed by atoms with E-state index in [1.54, 1.807) is 7.05 Å². The van der Waals surface area contributed by atoms with Gasteiger partial charge in [-0.25, -0.2) is 5.43 Å². The molecular formula is C9H18N2O2. The molecule has 0 aromatic carbocycles. The topological polar surface area (TPSA) is 50.4 Å². The van der Waals surface area contributed by atoms with Crippen molar-refractivity contribution in [1.29, 1.82) is 0 Å². The van der Waals surface area contributed by atoms with Crippen LogP contribution in [0.3, 0.4) is 0 Å². The van der Waals surface area contributed by atoms with E-state index < -0.39 is 0 Å². The summed E-state index contributed by atoms with van der Waals surface area (Å²) in [5, 5.41) is 0. The van der Waals surface area contributed by atoms with Gasteiger partial charge in [0.2, 0.25) is 0 Å². The number of amides is 1. The minimum Gasteiger partial charge on any atom is -0.368 e. The standard InChI is InChI=1S/C9H18N2O2/c1-10-11-9(12)7-13-8-5-3-2-4-6-8/h8,10H,2-7H2,1H3,(H,11,12). The molecule has 1 aliphatic rings. The average Bonchev–Trinajstić information content (AvgIpc) is 2.17. The van der Waals surface area contributed by atoms with Gasteiger partial charge in [-0.1, -0.05) is 19.3 Å². The van der Waals surface area contributed by atoms with Crippen LogP contribution < -0.4 is 10.9 Å². The molecule has 0 aromatic heterocycles. The first kappa shape index (κ1) is 10.5. The summed E-state index contributed by atoms with van der Waals surface area (Å²) < 4.78 is 5.45. The summed E-state index contributed by atoms with van der Waals surface area (Å²) in [5.74, 6) is -0.104. The maximum atomic E-state index is 11.0. The molecule has 0 radical (unpaired) electrons. The molecule has 0 atom stereocenters. The summed E-state index contributed by atoms with van der Waals surface area (Å²) >= 11 is 0. The molecule has 0 bridgehead atoms. The van der Waals surface area contributed by atoms with Gasteiger partial charge in [-0.3, -0.25) is 10.2 Å². The van der Waals surface area contributed by atoms with Crippen molar-refractivity contribution in [2.24, 2.45) is 0 Å². The third kappa shape index (κ3) is 4.24. The van der Waals surface area contributed by atoms with Crippen molar-refractivity contribution in [3.05, 3.63) is 0 Å². The van der Waals surface area contributed by atoms with Crippen molar-refractivity contribution in [2.45, 2.75) is 38.2 Å². The molecule has 13 heavy (non-hydrogen) atoms. The lowest BCUT2D eigenvalue weighted by Gasteiger charge is -2.21. The van der Waals surface area contributed by atoms with Crippen LogP contribution in [0.1, 0.15) is 32.1 Å². The summed E-state index contributed by atoms with van der Waals surface area (Å²) in [5.41, 5.74) is 5.05. The van der Waals surface area contributed by atoms with Gasteiger partial charge < -0.3 is 4.74 Å². The zero-order chi connectivity index (χ0) is 9.52. The highest BCUT2D eigenvalue weighted by Gasteiger charge is 2.14. The zero-order valence-electron chi connectivity index (χ0n) is 8.14. The number of carbonyl (C=O) groups excluding carboxylic acids is 1. The van der Waals surface area contributed by atoms with Gasteiger partial charge >= 0.3 is 0 Å². The van der Waals surface area contributed by atoms with Gasteiger partial charge in [-0.05, 0) is 12.8 Å². The first-order valence-electron chi connectivity index (χ1n) is 4.90. The largest absolute Gasteiger partial charge is 0.368 e. The van der Waals surface area contributed by atoms with Crippen molar-refractivity contribution >= 4 is 5.91 Å². The molecule has 2 N–H and O–H groups in total. The first-order chi connectivity index (χ1) is 6.33. The molecule has 0 aliphatic heterocycles. The van der Waals surface area contributed by atoms with Gasteiger partial charge in [0.25, 0.3) is 5.91 Å². The molecule has 4 heteroatoms. The lowest BCUT2D eigenvalue weighted by atomic mass is 9.98. The van der Waals surface area contributed by atoms with Gasteiger partial charge in [-0.2, -0.15) is 0 Å². The van der Waals surface area contributed by atoms with Crippen LogP contribution in [0.5, 0.6) is 0 Å². The Morgan fingerprint density at radius 3 is 2.69 bits per heavy atom. The van der Waals surface area contributed by atoms with Crippen molar-refractivity contribution in [2.75, 3.05) is 13.7 Å². The third-order valence-corrected chi connectivity index (χ3v) is 2.27. The minimum atomic E-state index is -0.104. The zero-order valence-corrected chi connectivity index (χ0v) is 8.14. The molecule has 1 aliphatic carbocycles. The third-order valence-electron chi connectivity index (χ3n) is 2.27. The Bertz CT molecular complexity index is 156. The number of nitrogens with one attached hydrogen (secondary N) is 2. The molecule has 0 unspecified atom stereocenters. The highest BCUT2D eigenvalue weighted by molar-refractivity contribution is 5.76. The molecule has 0 heterocycles. The Hall–Kier alpha value is -0.610. The highest BCUT2D eigenvalue weighted by atomic mass is 16.5. The summed E-state index contributed by atoms with van der Waals surface area (Å²) in [4.78, 5) is 11.0. The van der Waals surface area contributed by atoms with E-state index in [0.29, 0.717) is 6.10 Å². The summed E-state index contributed by atoms with van der Waals surface area (Å²) in [6.07, 6.45) is 6.29. The van der Waals surface area contributed by atoms with Crippen LogP contribution in [-0.4, -0.2) is 25.7 Å². The summed E-state index contributed by atoms with van der Waals surface area (Å²) in [6, 6.07) is 0. The Morgan fingerprint density at radius 1 is 1.38 bits per heavy atom. The van der Waals surface area contributed by atoms with Gasteiger partial charge in [0.15, 0.2) is 0 Å². The Kier molecular flexibility index (Phi) is 4.78. The second-order valence-electron chi connectivity index (χ2n) is 3.37. The predicted molar refractivity (Wildman–Crippen MR) is 50.0 cm³/mol. The van der Waals surface area contributed by atoms with Crippen molar-refractivity contribution in [3.63, 3.8) is 0 Å². The number of carbonyl (C=O) groups is 1. The minimum absolute atomic E-state index is 0.104. The van der Waals surface area contributed by atoms with Crippen LogP contribution in [-0.2, 0) is 9.53 Å². The van der Waals surface area contributed by atoms with Crippen LogP contribution in [0.2, 0.25) is 0 Å². The molecule has 4 nitrogen and oxygen atoms in total. The molecule has 0 spiro atoms. The predicted octanol–water partition coefficient (Wildman–Crippen LogP) is 0.586. The van der Waals surface area contributed by atoms with Crippen LogP contribution in [0.15, 0.2) is 0 Å². The molecule has 1 rings (SSSR count). The Balaban J connectivity index is 2.06. The quantitative estimate of drug-likeness (QED) is 0.632. The summed E-state index contributed by atoms with van der Waals surface area (Å²) in [7, 11) is 1.67. The average molecular weight is 186 g/mol. The molecule has 0 saturated heterocycles. The van der Waals surface area contributed by atoms with Crippen LogP contribution in [0.4, 0.5) is 0 Å². The molecule has 1 saturated carbocycles. The lowest BCUT2D eigenvalue weighted by Crippen LogP contribution is -2.38. The molecule has 1 fully saturated rings. The normalized spacial score (nSPS) is 18.5. The highest BCUT2D eigenvalue weighted by Crippen LogP contribution is 2.19.